The Bertz CT molecular complexity index is 448. The van der Waals surface area contributed by atoms with E-state index in [1.54, 1.807) is 33.1 Å². The number of hydrogen-bond acceptors (Lipinski definition) is 3. The third kappa shape index (κ3) is 2.26. The van der Waals surface area contributed by atoms with Gasteiger partial charge in [-0.2, -0.15) is 0 Å². The molecule has 4 nitrogen and oxygen atoms in total. The van der Waals surface area contributed by atoms with Gasteiger partial charge in [0.2, 0.25) is 0 Å². The zero-order valence-corrected chi connectivity index (χ0v) is 10.3. The average Bonchev–Trinajstić information content (AvgIpc) is 2.53. The fourth-order valence-electron chi connectivity index (χ4n) is 2.24. The highest BCUT2D eigenvalue weighted by molar-refractivity contribution is 6.00. The molecule has 0 radical (unpaired) electrons. The van der Waals surface area contributed by atoms with Crippen molar-refractivity contribution in [2.45, 2.75) is 31.9 Å². The van der Waals surface area contributed by atoms with Gasteiger partial charge >= 0.3 is 0 Å². The second-order valence-electron chi connectivity index (χ2n) is 4.96. The molecule has 1 aromatic carbocycles. The van der Waals surface area contributed by atoms with Crippen molar-refractivity contribution in [3.05, 3.63) is 29.3 Å². The van der Waals surface area contributed by atoms with E-state index in [0.717, 1.165) is 5.56 Å². The fourth-order valence-corrected chi connectivity index (χ4v) is 2.24. The maximum Gasteiger partial charge on any atom is 0.252 e. The van der Waals surface area contributed by atoms with Gasteiger partial charge in [-0.3, -0.25) is 4.79 Å². The van der Waals surface area contributed by atoms with Crippen LogP contribution in [0.2, 0.25) is 0 Å². The summed E-state index contributed by atoms with van der Waals surface area (Å²) in [6, 6.07) is 5.21. The molecule has 0 saturated heterocycles. The maximum atomic E-state index is 11.8. The monoisotopic (exact) mass is 235 g/mol. The summed E-state index contributed by atoms with van der Waals surface area (Å²) in [7, 11) is 1.58. The Morgan fingerprint density at radius 1 is 1.47 bits per heavy atom. The zero-order chi connectivity index (χ0) is 12.6. The minimum atomic E-state index is -0.833. The number of fused-ring (bicyclic) bond motifs is 1. The Kier molecular flexibility index (Phi) is 2.83. The summed E-state index contributed by atoms with van der Waals surface area (Å²) in [6.45, 7) is 3.46. The number of carbonyl (C=O) groups excluding carboxylic acids is 1. The van der Waals surface area contributed by atoms with Crippen molar-refractivity contribution in [1.29, 1.82) is 0 Å². The van der Waals surface area contributed by atoms with Crippen LogP contribution in [0, 0.1) is 0 Å². The van der Waals surface area contributed by atoms with Crippen LogP contribution in [0.1, 0.15) is 42.2 Å². The van der Waals surface area contributed by atoms with Gasteiger partial charge in [0.05, 0.1) is 18.8 Å². The van der Waals surface area contributed by atoms with E-state index >= 15 is 0 Å². The summed E-state index contributed by atoms with van der Waals surface area (Å²) >= 11 is 0. The second-order valence-corrected chi connectivity index (χ2v) is 4.96. The molecule has 0 aliphatic carbocycles. The van der Waals surface area contributed by atoms with Crippen molar-refractivity contribution in [2.24, 2.45) is 0 Å². The summed E-state index contributed by atoms with van der Waals surface area (Å²) in [4.78, 5) is 11.8. The highest BCUT2D eigenvalue weighted by atomic mass is 16.5. The predicted molar refractivity (Wildman–Crippen MR) is 64.1 cm³/mol. The van der Waals surface area contributed by atoms with E-state index in [1.807, 2.05) is 6.07 Å². The number of hydrogen-bond donors (Lipinski definition) is 2. The smallest absolute Gasteiger partial charge is 0.252 e. The lowest BCUT2D eigenvalue weighted by Crippen LogP contribution is -2.28. The lowest BCUT2D eigenvalue weighted by molar-refractivity contribution is 0.0588. The zero-order valence-electron chi connectivity index (χ0n) is 10.3. The van der Waals surface area contributed by atoms with Crippen LogP contribution in [0.5, 0.6) is 5.75 Å². The van der Waals surface area contributed by atoms with Crippen molar-refractivity contribution in [3.8, 4) is 5.75 Å². The van der Waals surface area contributed by atoms with E-state index in [-0.39, 0.29) is 11.9 Å². The topological polar surface area (TPSA) is 58.6 Å². The van der Waals surface area contributed by atoms with Gasteiger partial charge in [-0.15, -0.1) is 0 Å². The average molecular weight is 235 g/mol. The fraction of sp³-hybridized carbons (Fsp3) is 0.462. The first-order valence-electron chi connectivity index (χ1n) is 5.62. The molecule has 1 heterocycles. The summed E-state index contributed by atoms with van der Waals surface area (Å²) < 4.78 is 5.28. The lowest BCUT2D eigenvalue weighted by atomic mass is 9.93. The number of aliphatic hydroxyl groups is 1. The molecule has 0 saturated carbocycles. The number of amides is 1. The van der Waals surface area contributed by atoms with Gasteiger partial charge in [0, 0.05) is 17.5 Å². The second kappa shape index (κ2) is 4.04. The van der Waals surface area contributed by atoms with Crippen molar-refractivity contribution in [1.82, 2.24) is 5.32 Å². The highest BCUT2D eigenvalue weighted by Crippen LogP contribution is 2.37. The van der Waals surface area contributed by atoms with Crippen molar-refractivity contribution >= 4 is 5.91 Å². The van der Waals surface area contributed by atoms with Crippen LogP contribution in [0.15, 0.2) is 18.2 Å². The number of nitrogens with one attached hydrogen (secondary N) is 1. The van der Waals surface area contributed by atoms with Crippen molar-refractivity contribution < 1.29 is 14.6 Å². The molecule has 92 valence electrons. The van der Waals surface area contributed by atoms with E-state index in [0.29, 0.717) is 17.7 Å². The Labute approximate surface area is 101 Å². The first-order valence-corrected chi connectivity index (χ1v) is 5.62. The molecule has 1 aliphatic heterocycles. The van der Waals surface area contributed by atoms with Gasteiger partial charge in [0.15, 0.2) is 0 Å². The maximum absolute atomic E-state index is 11.8. The number of benzene rings is 1. The van der Waals surface area contributed by atoms with Crippen LogP contribution in [-0.4, -0.2) is 23.7 Å². The third-order valence-electron chi connectivity index (χ3n) is 2.89. The van der Waals surface area contributed by atoms with E-state index in [1.165, 1.54) is 0 Å². The van der Waals surface area contributed by atoms with Crippen LogP contribution in [0.3, 0.4) is 0 Å². The lowest BCUT2D eigenvalue weighted by Gasteiger charge is -2.23. The van der Waals surface area contributed by atoms with Crippen LogP contribution in [0.4, 0.5) is 0 Å². The van der Waals surface area contributed by atoms with E-state index in [2.05, 4.69) is 5.32 Å². The molecule has 4 heteroatoms. The Morgan fingerprint density at radius 3 is 2.76 bits per heavy atom. The van der Waals surface area contributed by atoms with E-state index < -0.39 is 5.60 Å². The van der Waals surface area contributed by atoms with Crippen LogP contribution in [0.25, 0.3) is 0 Å². The Balaban J connectivity index is 2.41. The SMILES string of the molecule is COc1cccc2c1C(CC(C)(C)O)NC2=O. The molecule has 1 aromatic rings. The van der Waals surface area contributed by atoms with Gasteiger partial charge < -0.3 is 15.2 Å². The van der Waals surface area contributed by atoms with E-state index in [4.69, 9.17) is 4.74 Å². The molecule has 0 bridgehead atoms. The molecular weight excluding hydrogens is 218 g/mol. The first-order chi connectivity index (χ1) is 7.92. The molecule has 1 atom stereocenters. The van der Waals surface area contributed by atoms with Gasteiger partial charge in [-0.05, 0) is 26.0 Å². The number of ether oxygens (including phenoxy) is 1. The van der Waals surface area contributed by atoms with Gasteiger partial charge in [0.1, 0.15) is 5.75 Å². The molecule has 2 rings (SSSR count). The summed E-state index contributed by atoms with van der Waals surface area (Å²) in [6.07, 6.45) is 0.464. The minimum Gasteiger partial charge on any atom is -0.496 e. The third-order valence-corrected chi connectivity index (χ3v) is 2.89. The van der Waals surface area contributed by atoms with Gasteiger partial charge in [-0.1, -0.05) is 6.07 Å². The molecule has 1 unspecified atom stereocenters. The van der Waals surface area contributed by atoms with Crippen molar-refractivity contribution in [3.63, 3.8) is 0 Å². The van der Waals surface area contributed by atoms with Gasteiger partial charge in [0.25, 0.3) is 5.91 Å². The Morgan fingerprint density at radius 2 is 2.18 bits per heavy atom. The normalized spacial score (nSPS) is 18.8. The number of carbonyl (C=O) groups is 1. The molecule has 0 aromatic heterocycles. The molecule has 17 heavy (non-hydrogen) atoms. The number of rotatable bonds is 3. The highest BCUT2D eigenvalue weighted by Gasteiger charge is 2.34. The molecular formula is C13H17NO3. The molecule has 1 amide bonds. The number of methoxy groups -OCH3 is 1. The predicted octanol–water partition coefficient (Wildman–Crippen LogP) is 1.64. The van der Waals surface area contributed by atoms with Crippen LogP contribution in [-0.2, 0) is 0 Å². The largest absolute Gasteiger partial charge is 0.496 e. The van der Waals surface area contributed by atoms with Crippen LogP contribution < -0.4 is 10.1 Å². The Hall–Kier alpha value is -1.55. The van der Waals surface area contributed by atoms with Crippen LogP contribution >= 0.6 is 0 Å². The quantitative estimate of drug-likeness (QED) is 0.837. The summed E-state index contributed by atoms with van der Waals surface area (Å²) in [5.74, 6) is 0.586. The van der Waals surface area contributed by atoms with Crippen molar-refractivity contribution in [2.75, 3.05) is 7.11 Å². The minimum absolute atomic E-state index is 0.104. The standard InChI is InChI=1S/C13H17NO3/c1-13(2,16)7-9-11-8(12(15)14-9)5-4-6-10(11)17-3/h4-6,9,16H,7H2,1-3H3,(H,14,15). The molecule has 0 spiro atoms. The molecule has 0 fully saturated rings. The van der Waals surface area contributed by atoms with E-state index in [9.17, 15) is 9.90 Å². The summed E-state index contributed by atoms with van der Waals surface area (Å²) in [5.41, 5.74) is 0.654. The molecule has 1 aliphatic rings. The molecule has 2 N–H and O–H groups in total. The first kappa shape index (κ1) is 11.9. The van der Waals surface area contributed by atoms with Gasteiger partial charge in [-0.25, -0.2) is 0 Å². The summed E-state index contributed by atoms with van der Waals surface area (Å²) in [5, 5.41) is 12.7.